The van der Waals surface area contributed by atoms with E-state index < -0.39 is 17.2 Å². The molecule has 1 aliphatic rings. The summed E-state index contributed by atoms with van der Waals surface area (Å²) in [7, 11) is 1.52. The number of methoxy groups -OCH3 is 1. The van der Waals surface area contributed by atoms with Crippen LogP contribution in [0, 0.1) is 5.41 Å². The lowest BCUT2D eigenvalue weighted by molar-refractivity contribution is -0.168. The van der Waals surface area contributed by atoms with Gasteiger partial charge in [-0.2, -0.15) is 0 Å². The molecule has 17 heavy (non-hydrogen) atoms. The molecule has 0 radical (unpaired) electrons. The van der Waals surface area contributed by atoms with E-state index in [4.69, 9.17) is 14.6 Å². The Morgan fingerprint density at radius 3 is 2.24 bits per heavy atom. The molecule has 90 valence electrons. The second-order valence-electron chi connectivity index (χ2n) is 3.94. The monoisotopic (exact) mass is 236 g/mol. The largest absolute Gasteiger partial charge is 0.497 e. The van der Waals surface area contributed by atoms with Crippen molar-refractivity contribution in [3.63, 3.8) is 0 Å². The van der Waals surface area contributed by atoms with Gasteiger partial charge in [0.05, 0.1) is 20.3 Å². The van der Waals surface area contributed by atoms with Crippen LogP contribution in [0.2, 0.25) is 0 Å². The molecule has 1 saturated heterocycles. The Balaban J connectivity index is 2.27. The van der Waals surface area contributed by atoms with Gasteiger partial charge in [-0.15, -0.1) is 0 Å². The zero-order valence-electron chi connectivity index (χ0n) is 9.30. The number of Topliss-reactive ketones (excluding diaryl/α,β-unsaturated/α-hetero) is 1. The lowest BCUT2D eigenvalue weighted by Gasteiger charge is -2.35. The molecule has 2 rings (SSSR count). The number of hydrogen-bond donors (Lipinski definition) is 1. The standard InChI is InChI=1S/C12H12O5/c1-16-9-4-2-8(3-5-9)10(13)12(11(14)15)6-17-7-12/h2-5H,6-7H2,1H3,(H,14,15). The van der Waals surface area contributed by atoms with Gasteiger partial charge in [0.25, 0.3) is 0 Å². The summed E-state index contributed by atoms with van der Waals surface area (Å²) in [5.41, 5.74) is -1.05. The van der Waals surface area contributed by atoms with Crippen LogP contribution in [0.5, 0.6) is 5.75 Å². The van der Waals surface area contributed by atoms with E-state index in [1.54, 1.807) is 24.3 Å². The van der Waals surface area contributed by atoms with Gasteiger partial charge in [0.15, 0.2) is 11.2 Å². The quantitative estimate of drug-likeness (QED) is 0.623. The first-order valence-electron chi connectivity index (χ1n) is 5.10. The fourth-order valence-corrected chi connectivity index (χ4v) is 1.68. The van der Waals surface area contributed by atoms with Gasteiger partial charge >= 0.3 is 5.97 Å². The molecule has 1 aromatic carbocycles. The topological polar surface area (TPSA) is 72.8 Å². The van der Waals surface area contributed by atoms with Crippen LogP contribution in [0.3, 0.4) is 0 Å². The third-order valence-corrected chi connectivity index (χ3v) is 2.89. The van der Waals surface area contributed by atoms with Gasteiger partial charge in [-0.1, -0.05) is 0 Å². The third-order valence-electron chi connectivity index (χ3n) is 2.89. The van der Waals surface area contributed by atoms with Crippen LogP contribution >= 0.6 is 0 Å². The van der Waals surface area contributed by atoms with Gasteiger partial charge in [0.2, 0.25) is 0 Å². The minimum absolute atomic E-state index is 0.0623. The molecule has 1 fully saturated rings. The van der Waals surface area contributed by atoms with Gasteiger partial charge in [-0.05, 0) is 24.3 Å². The molecule has 0 atom stereocenters. The maximum absolute atomic E-state index is 12.1. The number of ether oxygens (including phenoxy) is 2. The maximum atomic E-state index is 12.1. The summed E-state index contributed by atoms with van der Waals surface area (Å²) in [6, 6.07) is 6.37. The average molecular weight is 236 g/mol. The molecule has 5 heteroatoms. The molecular formula is C12H12O5. The molecule has 0 bridgehead atoms. The summed E-state index contributed by atoms with van der Waals surface area (Å²) < 4.78 is 9.83. The summed E-state index contributed by atoms with van der Waals surface area (Å²) >= 11 is 0. The second-order valence-corrected chi connectivity index (χ2v) is 3.94. The van der Waals surface area contributed by atoms with Crippen molar-refractivity contribution in [2.24, 2.45) is 5.41 Å². The van der Waals surface area contributed by atoms with Crippen molar-refractivity contribution in [1.29, 1.82) is 0 Å². The molecular weight excluding hydrogens is 224 g/mol. The van der Waals surface area contributed by atoms with Gasteiger partial charge < -0.3 is 14.6 Å². The highest BCUT2D eigenvalue weighted by atomic mass is 16.5. The van der Waals surface area contributed by atoms with E-state index in [-0.39, 0.29) is 13.2 Å². The Bertz CT molecular complexity index is 444. The number of carboxylic acids is 1. The lowest BCUT2D eigenvalue weighted by Crippen LogP contribution is -2.54. The molecule has 0 amide bonds. The second kappa shape index (κ2) is 4.18. The highest BCUT2D eigenvalue weighted by Crippen LogP contribution is 2.32. The van der Waals surface area contributed by atoms with Crippen molar-refractivity contribution in [2.45, 2.75) is 0 Å². The highest BCUT2D eigenvalue weighted by Gasteiger charge is 2.53. The van der Waals surface area contributed by atoms with Crippen molar-refractivity contribution in [1.82, 2.24) is 0 Å². The first kappa shape index (κ1) is 11.6. The first-order valence-corrected chi connectivity index (χ1v) is 5.10. The van der Waals surface area contributed by atoms with E-state index in [1.807, 2.05) is 0 Å². The fraction of sp³-hybridized carbons (Fsp3) is 0.333. The highest BCUT2D eigenvalue weighted by molar-refractivity contribution is 6.13. The van der Waals surface area contributed by atoms with Gasteiger partial charge in [0, 0.05) is 5.56 Å². The number of carboxylic acid groups (broad SMARTS) is 1. The average Bonchev–Trinajstić information content (AvgIpc) is 2.27. The Morgan fingerprint density at radius 2 is 1.88 bits per heavy atom. The Hall–Kier alpha value is -1.88. The number of hydrogen-bond acceptors (Lipinski definition) is 4. The zero-order chi connectivity index (χ0) is 12.5. The normalized spacial score (nSPS) is 17.0. The van der Waals surface area contributed by atoms with Crippen LogP contribution in [0.15, 0.2) is 24.3 Å². The van der Waals surface area contributed by atoms with Crippen LogP contribution in [-0.2, 0) is 9.53 Å². The minimum atomic E-state index is -1.41. The molecule has 1 aromatic rings. The first-order chi connectivity index (χ1) is 8.10. The van der Waals surface area contributed by atoms with Gasteiger partial charge in [-0.3, -0.25) is 9.59 Å². The number of rotatable bonds is 4. The molecule has 0 aliphatic carbocycles. The van der Waals surface area contributed by atoms with Crippen LogP contribution < -0.4 is 4.74 Å². The molecule has 5 nitrogen and oxygen atoms in total. The van der Waals surface area contributed by atoms with E-state index >= 15 is 0 Å². The summed E-state index contributed by atoms with van der Waals surface area (Å²) in [5.74, 6) is -0.931. The summed E-state index contributed by atoms with van der Waals surface area (Å²) in [6.07, 6.45) is 0. The zero-order valence-corrected chi connectivity index (χ0v) is 9.30. The Morgan fingerprint density at radius 1 is 1.29 bits per heavy atom. The van der Waals surface area contributed by atoms with E-state index in [9.17, 15) is 9.59 Å². The number of aliphatic carboxylic acids is 1. The van der Waals surface area contributed by atoms with Gasteiger partial charge in [-0.25, -0.2) is 0 Å². The van der Waals surface area contributed by atoms with E-state index in [0.29, 0.717) is 11.3 Å². The molecule has 0 spiro atoms. The van der Waals surface area contributed by atoms with Crippen LogP contribution in [-0.4, -0.2) is 37.2 Å². The minimum Gasteiger partial charge on any atom is -0.497 e. The molecule has 1 N–H and O–H groups in total. The summed E-state index contributed by atoms with van der Waals surface area (Å²) in [4.78, 5) is 23.2. The van der Waals surface area contributed by atoms with Crippen molar-refractivity contribution in [3.05, 3.63) is 29.8 Å². The third kappa shape index (κ3) is 1.78. The Kier molecular flexibility index (Phi) is 2.85. The molecule has 0 saturated carbocycles. The van der Waals surface area contributed by atoms with Crippen LogP contribution in [0.1, 0.15) is 10.4 Å². The number of ketones is 1. The van der Waals surface area contributed by atoms with E-state index in [1.165, 1.54) is 7.11 Å². The maximum Gasteiger partial charge on any atom is 0.322 e. The van der Waals surface area contributed by atoms with Crippen LogP contribution in [0.25, 0.3) is 0 Å². The SMILES string of the molecule is COc1ccc(C(=O)C2(C(=O)O)COC2)cc1. The van der Waals surface area contributed by atoms with Crippen molar-refractivity contribution < 1.29 is 24.2 Å². The van der Waals surface area contributed by atoms with Crippen molar-refractivity contribution in [3.8, 4) is 5.75 Å². The van der Waals surface area contributed by atoms with Crippen molar-refractivity contribution >= 4 is 11.8 Å². The molecule has 0 aromatic heterocycles. The molecule has 1 aliphatic heterocycles. The predicted molar refractivity (Wildman–Crippen MR) is 58.2 cm³/mol. The van der Waals surface area contributed by atoms with Crippen LogP contribution in [0.4, 0.5) is 0 Å². The number of carbonyl (C=O) groups excluding carboxylic acids is 1. The number of carbonyl (C=O) groups is 2. The van der Waals surface area contributed by atoms with E-state index in [0.717, 1.165) is 0 Å². The number of benzene rings is 1. The molecule has 1 heterocycles. The van der Waals surface area contributed by atoms with Crippen molar-refractivity contribution in [2.75, 3.05) is 20.3 Å². The van der Waals surface area contributed by atoms with Gasteiger partial charge in [0.1, 0.15) is 5.75 Å². The fourth-order valence-electron chi connectivity index (χ4n) is 1.68. The summed E-state index contributed by atoms with van der Waals surface area (Å²) in [5, 5.41) is 9.09. The Labute approximate surface area is 98.0 Å². The molecule has 0 unspecified atom stereocenters. The predicted octanol–water partition coefficient (Wildman–Crippen LogP) is 0.979. The lowest BCUT2D eigenvalue weighted by atomic mass is 9.78. The van der Waals surface area contributed by atoms with E-state index in [2.05, 4.69) is 0 Å². The summed E-state index contributed by atoms with van der Waals surface area (Å²) in [6.45, 7) is -0.125. The smallest absolute Gasteiger partial charge is 0.322 e.